The number of amides is 2. The average Bonchev–Trinajstić information content (AvgIpc) is 3.03. The maximum atomic E-state index is 12.4. The van der Waals surface area contributed by atoms with Gasteiger partial charge in [-0.3, -0.25) is 9.59 Å². The summed E-state index contributed by atoms with van der Waals surface area (Å²) in [4.78, 5) is 26.2. The molecule has 0 saturated carbocycles. The average molecular weight is 319 g/mol. The van der Waals surface area contributed by atoms with E-state index in [1.54, 1.807) is 14.1 Å². The van der Waals surface area contributed by atoms with Gasteiger partial charge in [-0.25, -0.2) is 0 Å². The first-order chi connectivity index (χ1) is 11.0. The van der Waals surface area contributed by atoms with Crippen molar-refractivity contribution in [3.05, 3.63) is 35.9 Å². The number of rotatable bonds is 6. The van der Waals surface area contributed by atoms with E-state index in [0.717, 1.165) is 12.0 Å². The van der Waals surface area contributed by atoms with Crippen LogP contribution in [0.15, 0.2) is 30.3 Å². The zero-order valence-electron chi connectivity index (χ0n) is 13.7. The van der Waals surface area contributed by atoms with Crippen LogP contribution in [-0.4, -0.2) is 55.6 Å². The first-order valence-corrected chi connectivity index (χ1v) is 7.92. The molecule has 1 saturated heterocycles. The molecule has 3 N–H and O–H groups in total. The molecule has 6 heteroatoms. The highest BCUT2D eigenvalue weighted by Gasteiger charge is 2.32. The SMILES string of the molecule is CN(C)C(=O)C(Cc1ccccc1)NC(=O)[C@@H]1CC[C@H](CN)O1. The van der Waals surface area contributed by atoms with Gasteiger partial charge in [-0.05, 0) is 18.4 Å². The van der Waals surface area contributed by atoms with E-state index in [-0.39, 0.29) is 17.9 Å². The summed E-state index contributed by atoms with van der Waals surface area (Å²) < 4.78 is 5.60. The van der Waals surface area contributed by atoms with Crippen LogP contribution in [0.1, 0.15) is 18.4 Å². The lowest BCUT2D eigenvalue weighted by Crippen LogP contribution is -2.50. The Hall–Kier alpha value is -1.92. The summed E-state index contributed by atoms with van der Waals surface area (Å²) in [6.07, 6.45) is 1.29. The molecule has 1 aromatic carbocycles. The van der Waals surface area contributed by atoms with Crippen molar-refractivity contribution in [3.8, 4) is 0 Å². The van der Waals surface area contributed by atoms with Crippen molar-refractivity contribution in [1.82, 2.24) is 10.2 Å². The summed E-state index contributed by atoms with van der Waals surface area (Å²) in [5, 5.41) is 2.84. The second-order valence-corrected chi connectivity index (χ2v) is 6.04. The number of benzene rings is 1. The zero-order chi connectivity index (χ0) is 16.8. The van der Waals surface area contributed by atoms with Crippen LogP contribution in [0, 0.1) is 0 Å². The van der Waals surface area contributed by atoms with Crippen molar-refractivity contribution >= 4 is 11.8 Å². The molecular weight excluding hydrogens is 294 g/mol. The highest BCUT2D eigenvalue weighted by molar-refractivity contribution is 5.89. The fourth-order valence-electron chi connectivity index (χ4n) is 2.70. The van der Waals surface area contributed by atoms with Crippen molar-refractivity contribution in [1.29, 1.82) is 0 Å². The van der Waals surface area contributed by atoms with Crippen LogP contribution >= 0.6 is 0 Å². The highest BCUT2D eigenvalue weighted by atomic mass is 16.5. The van der Waals surface area contributed by atoms with Crippen LogP contribution in [0.25, 0.3) is 0 Å². The number of hydrogen-bond donors (Lipinski definition) is 2. The van der Waals surface area contributed by atoms with Crippen LogP contribution in [0.5, 0.6) is 0 Å². The Bertz CT molecular complexity index is 533. The molecule has 2 rings (SSSR count). The number of nitrogens with two attached hydrogens (primary N) is 1. The quantitative estimate of drug-likeness (QED) is 0.790. The third-order valence-electron chi connectivity index (χ3n) is 4.00. The van der Waals surface area contributed by atoms with Gasteiger partial charge in [0, 0.05) is 27.1 Å². The van der Waals surface area contributed by atoms with E-state index in [1.165, 1.54) is 4.90 Å². The monoisotopic (exact) mass is 319 g/mol. The van der Waals surface area contributed by atoms with E-state index in [4.69, 9.17) is 10.5 Å². The lowest BCUT2D eigenvalue weighted by molar-refractivity contribution is -0.138. The predicted octanol–water partition coefficient (Wildman–Crippen LogP) is 0.308. The van der Waals surface area contributed by atoms with Crippen LogP contribution in [0.2, 0.25) is 0 Å². The minimum atomic E-state index is -0.597. The molecule has 126 valence electrons. The molecule has 0 radical (unpaired) electrons. The van der Waals surface area contributed by atoms with E-state index >= 15 is 0 Å². The molecular formula is C17H25N3O3. The molecule has 1 aliphatic rings. The third-order valence-corrected chi connectivity index (χ3v) is 4.00. The molecule has 1 heterocycles. The number of carbonyl (C=O) groups excluding carboxylic acids is 2. The topological polar surface area (TPSA) is 84.7 Å². The molecule has 0 aromatic heterocycles. The molecule has 0 aliphatic carbocycles. The first-order valence-electron chi connectivity index (χ1n) is 7.92. The summed E-state index contributed by atoms with van der Waals surface area (Å²) in [7, 11) is 3.37. The van der Waals surface area contributed by atoms with Gasteiger partial charge in [0.1, 0.15) is 12.1 Å². The summed E-state index contributed by atoms with van der Waals surface area (Å²) in [6, 6.07) is 9.04. The number of likely N-dealkylation sites (N-methyl/N-ethyl adjacent to an activating group) is 1. The summed E-state index contributed by atoms with van der Waals surface area (Å²) in [5.74, 6) is -0.368. The Balaban J connectivity index is 2.02. The Morgan fingerprint density at radius 2 is 2.00 bits per heavy atom. The van der Waals surface area contributed by atoms with Gasteiger partial charge in [0.25, 0.3) is 0 Å². The number of nitrogens with zero attached hydrogens (tertiary/aromatic N) is 1. The summed E-state index contributed by atoms with van der Waals surface area (Å²) >= 11 is 0. The minimum absolute atomic E-state index is 0.0668. The van der Waals surface area contributed by atoms with Gasteiger partial charge in [-0.1, -0.05) is 30.3 Å². The molecule has 6 nitrogen and oxygen atoms in total. The lowest BCUT2D eigenvalue weighted by atomic mass is 10.0. The van der Waals surface area contributed by atoms with Gasteiger partial charge in [0.2, 0.25) is 11.8 Å². The van der Waals surface area contributed by atoms with Crippen molar-refractivity contribution in [2.75, 3.05) is 20.6 Å². The van der Waals surface area contributed by atoms with Crippen molar-refractivity contribution in [2.24, 2.45) is 5.73 Å². The molecule has 1 unspecified atom stereocenters. The van der Waals surface area contributed by atoms with Crippen molar-refractivity contribution in [2.45, 2.75) is 37.5 Å². The Morgan fingerprint density at radius 3 is 2.57 bits per heavy atom. The normalized spacial score (nSPS) is 21.7. The molecule has 1 aromatic rings. The summed E-state index contributed by atoms with van der Waals surface area (Å²) in [6.45, 7) is 0.411. The Labute approximate surface area is 137 Å². The van der Waals surface area contributed by atoms with E-state index in [0.29, 0.717) is 19.4 Å². The van der Waals surface area contributed by atoms with Gasteiger partial charge >= 0.3 is 0 Å². The standard InChI is InChI=1S/C17H25N3O3/c1-20(2)17(22)14(10-12-6-4-3-5-7-12)19-16(21)15-9-8-13(11-18)23-15/h3-7,13-15H,8-11,18H2,1-2H3,(H,19,21)/t13-,14?,15+/m1/s1. The predicted molar refractivity (Wildman–Crippen MR) is 87.7 cm³/mol. The van der Waals surface area contributed by atoms with E-state index in [1.807, 2.05) is 30.3 Å². The lowest BCUT2D eigenvalue weighted by Gasteiger charge is -2.23. The molecule has 1 aliphatic heterocycles. The van der Waals surface area contributed by atoms with Gasteiger partial charge in [0.05, 0.1) is 6.10 Å². The number of carbonyl (C=O) groups is 2. The molecule has 0 bridgehead atoms. The van der Waals surface area contributed by atoms with Crippen LogP contribution in [-0.2, 0) is 20.7 Å². The molecule has 23 heavy (non-hydrogen) atoms. The van der Waals surface area contributed by atoms with E-state index < -0.39 is 12.1 Å². The minimum Gasteiger partial charge on any atom is -0.364 e. The smallest absolute Gasteiger partial charge is 0.249 e. The maximum absolute atomic E-state index is 12.4. The fourth-order valence-corrected chi connectivity index (χ4v) is 2.70. The molecule has 2 amide bonds. The van der Waals surface area contributed by atoms with Crippen LogP contribution in [0.3, 0.4) is 0 Å². The Kier molecular flexibility index (Phi) is 6.12. The van der Waals surface area contributed by atoms with E-state index in [2.05, 4.69) is 5.32 Å². The highest BCUT2D eigenvalue weighted by Crippen LogP contribution is 2.19. The Morgan fingerprint density at radius 1 is 1.30 bits per heavy atom. The molecule has 1 fully saturated rings. The third kappa shape index (κ3) is 4.77. The van der Waals surface area contributed by atoms with Crippen LogP contribution < -0.4 is 11.1 Å². The second-order valence-electron chi connectivity index (χ2n) is 6.04. The van der Waals surface area contributed by atoms with E-state index in [9.17, 15) is 9.59 Å². The van der Waals surface area contributed by atoms with Crippen LogP contribution in [0.4, 0.5) is 0 Å². The number of nitrogens with one attached hydrogen (secondary N) is 1. The zero-order valence-corrected chi connectivity index (χ0v) is 13.7. The van der Waals surface area contributed by atoms with Crippen molar-refractivity contribution < 1.29 is 14.3 Å². The largest absolute Gasteiger partial charge is 0.364 e. The van der Waals surface area contributed by atoms with Gasteiger partial charge in [-0.15, -0.1) is 0 Å². The molecule has 0 spiro atoms. The van der Waals surface area contributed by atoms with Gasteiger partial charge < -0.3 is 20.7 Å². The number of hydrogen-bond acceptors (Lipinski definition) is 4. The maximum Gasteiger partial charge on any atom is 0.249 e. The summed E-state index contributed by atoms with van der Waals surface area (Å²) in [5.41, 5.74) is 6.57. The second kappa shape index (κ2) is 8.08. The number of ether oxygens (including phenoxy) is 1. The molecule has 3 atom stereocenters. The van der Waals surface area contributed by atoms with Crippen molar-refractivity contribution in [3.63, 3.8) is 0 Å². The fraction of sp³-hybridized carbons (Fsp3) is 0.529. The first kappa shape index (κ1) is 17.4. The van der Waals surface area contributed by atoms with Gasteiger partial charge in [0.15, 0.2) is 0 Å². The van der Waals surface area contributed by atoms with Gasteiger partial charge in [-0.2, -0.15) is 0 Å².